The van der Waals surface area contributed by atoms with E-state index < -0.39 is 0 Å². The number of benzene rings is 2. The monoisotopic (exact) mass is 446 g/mol. The molecule has 0 unspecified atom stereocenters. The summed E-state index contributed by atoms with van der Waals surface area (Å²) < 4.78 is 19.4. The normalized spacial score (nSPS) is 11.7. The van der Waals surface area contributed by atoms with E-state index in [4.69, 9.17) is 14.2 Å². The van der Waals surface area contributed by atoms with Crippen LogP contribution in [0.4, 0.5) is 0 Å². The lowest BCUT2D eigenvalue weighted by Crippen LogP contribution is -2.18. The van der Waals surface area contributed by atoms with Crippen LogP contribution in [0, 0.1) is 0 Å². The lowest BCUT2D eigenvalue weighted by atomic mass is 10.1. The first-order valence-corrected chi connectivity index (χ1v) is 11.8. The largest absolute Gasteiger partial charge is 0.494 e. The van der Waals surface area contributed by atoms with Gasteiger partial charge in [-0.3, -0.25) is 4.79 Å². The molecule has 2 aromatic carbocycles. The van der Waals surface area contributed by atoms with Crippen LogP contribution in [0.1, 0.15) is 12.5 Å². The third-order valence-electron chi connectivity index (χ3n) is 4.52. The maximum atomic E-state index is 12.7. The zero-order valence-corrected chi connectivity index (χ0v) is 19.3. The highest BCUT2D eigenvalue weighted by atomic mass is 32.2. The first-order chi connectivity index (χ1) is 14.6. The van der Waals surface area contributed by atoms with Crippen molar-refractivity contribution in [3.8, 4) is 17.2 Å². The molecule has 8 heteroatoms. The summed E-state index contributed by atoms with van der Waals surface area (Å²) in [6, 6.07) is 11.4. The van der Waals surface area contributed by atoms with Crippen molar-refractivity contribution in [3.05, 3.63) is 46.8 Å². The Kier molecular flexibility index (Phi) is 7.81. The highest BCUT2D eigenvalue weighted by Crippen LogP contribution is 2.33. The van der Waals surface area contributed by atoms with Crippen LogP contribution in [0.5, 0.6) is 17.2 Å². The molecule has 0 saturated heterocycles. The number of carbonyl (C=O) groups excluding carboxylic acids is 1. The van der Waals surface area contributed by atoms with Crippen molar-refractivity contribution in [3.63, 3.8) is 0 Å². The second-order valence-electron chi connectivity index (χ2n) is 6.46. The summed E-state index contributed by atoms with van der Waals surface area (Å²) in [5, 5.41) is 0. The molecular formula is C22H26N2O4S2. The number of amides is 1. The van der Waals surface area contributed by atoms with E-state index in [0.717, 1.165) is 33.8 Å². The molecule has 0 fully saturated rings. The predicted octanol–water partition coefficient (Wildman–Crippen LogP) is 4.15. The van der Waals surface area contributed by atoms with Gasteiger partial charge in [-0.2, -0.15) is 16.8 Å². The number of rotatable bonds is 9. The molecule has 0 saturated carbocycles. The molecule has 3 aromatic rings. The third-order valence-corrected chi connectivity index (χ3v) is 6.15. The fraction of sp³-hybridized carbons (Fsp3) is 0.364. The molecule has 0 atom stereocenters. The summed E-state index contributed by atoms with van der Waals surface area (Å²) in [5.41, 5.74) is 1.90. The van der Waals surface area contributed by atoms with Crippen LogP contribution in [0.3, 0.4) is 0 Å². The van der Waals surface area contributed by atoms with Gasteiger partial charge in [-0.1, -0.05) is 23.5 Å². The summed E-state index contributed by atoms with van der Waals surface area (Å²) in [7, 11) is 3.23. The van der Waals surface area contributed by atoms with Gasteiger partial charge < -0.3 is 18.8 Å². The zero-order chi connectivity index (χ0) is 21.5. The molecule has 0 spiro atoms. The Morgan fingerprint density at radius 3 is 2.47 bits per heavy atom. The number of methoxy groups -OCH3 is 2. The number of aromatic nitrogens is 1. The average molecular weight is 447 g/mol. The van der Waals surface area contributed by atoms with Crippen molar-refractivity contribution in [1.82, 2.24) is 4.57 Å². The molecular weight excluding hydrogens is 420 g/mol. The van der Waals surface area contributed by atoms with Crippen molar-refractivity contribution >= 4 is 39.2 Å². The van der Waals surface area contributed by atoms with E-state index in [1.165, 1.54) is 11.3 Å². The molecule has 0 aliphatic carbocycles. The van der Waals surface area contributed by atoms with Gasteiger partial charge in [0.25, 0.3) is 5.91 Å². The van der Waals surface area contributed by atoms with Crippen molar-refractivity contribution in [1.29, 1.82) is 0 Å². The fourth-order valence-corrected chi connectivity index (χ4v) is 4.52. The molecule has 160 valence electrons. The van der Waals surface area contributed by atoms with E-state index >= 15 is 0 Å². The van der Waals surface area contributed by atoms with Crippen molar-refractivity contribution in [2.45, 2.75) is 19.9 Å². The minimum Gasteiger partial charge on any atom is -0.494 e. The minimum atomic E-state index is -0.178. The molecule has 0 radical (unpaired) electrons. The molecule has 3 rings (SSSR count). The molecule has 0 bridgehead atoms. The van der Waals surface area contributed by atoms with Gasteiger partial charge in [0, 0.05) is 24.4 Å². The number of thiazole rings is 1. The topological polar surface area (TPSA) is 62.1 Å². The smallest absolute Gasteiger partial charge is 0.252 e. The van der Waals surface area contributed by atoms with Gasteiger partial charge in [0.05, 0.1) is 37.5 Å². The lowest BCUT2D eigenvalue weighted by Gasteiger charge is -2.09. The first-order valence-electron chi connectivity index (χ1n) is 9.63. The number of hydrogen-bond acceptors (Lipinski definition) is 6. The van der Waals surface area contributed by atoms with Gasteiger partial charge in [-0.25, -0.2) is 0 Å². The van der Waals surface area contributed by atoms with Crippen LogP contribution in [0.15, 0.2) is 41.4 Å². The number of carbonyl (C=O) groups is 1. The van der Waals surface area contributed by atoms with Crippen LogP contribution >= 0.6 is 23.1 Å². The third kappa shape index (κ3) is 5.17. The van der Waals surface area contributed by atoms with E-state index in [1.807, 2.05) is 43.3 Å². The predicted molar refractivity (Wildman–Crippen MR) is 123 cm³/mol. The summed E-state index contributed by atoms with van der Waals surface area (Å²) in [6.45, 7) is 3.32. The van der Waals surface area contributed by atoms with Crippen molar-refractivity contribution in [2.75, 3.05) is 32.8 Å². The molecule has 0 N–H and O–H groups in total. The second kappa shape index (κ2) is 10.5. The number of aryl methyl sites for hydroxylation is 1. The molecule has 1 heterocycles. The summed E-state index contributed by atoms with van der Waals surface area (Å²) in [6.07, 6.45) is 2.31. The Morgan fingerprint density at radius 1 is 1.13 bits per heavy atom. The summed E-state index contributed by atoms with van der Waals surface area (Å²) in [4.78, 5) is 17.8. The molecule has 1 amide bonds. The summed E-state index contributed by atoms with van der Waals surface area (Å²) >= 11 is 3.23. The maximum Gasteiger partial charge on any atom is 0.252 e. The van der Waals surface area contributed by atoms with Gasteiger partial charge in [-0.05, 0) is 30.9 Å². The van der Waals surface area contributed by atoms with Gasteiger partial charge in [0.1, 0.15) is 5.75 Å². The number of fused-ring (bicyclic) bond motifs is 1. The molecule has 0 aliphatic rings. The van der Waals surface area contributed by atoms with Crippen LogP contribution in [0.25, 0.3) is 10.2 Å². The molecule has 0 aliphatic heterocycles. The van der Waals surface area contributed by atoms with Gasteiger partial charge >= 0.3 is 0 Å². The van der Waals surface area contributed by atoms with E-state index in [9.17, 15) is 4.79 Å². The quantitative estimate of drug-likeness (QED) is 0.494. The van der Waals surface area contributed by atoms with Crippen LogP contribution < -0.4 is 19.0 Å². The van der Waals surface area contributed by atoms with Crippen LogP contribution in [-0.4, -0.2) is 43.3 Å². The number of nitrogens with zero attached hydrogens (tertiary/aromatic N) is 2. The molecule has 30 heavy (non-hydrogen) atoms. The van der Waals surface area contributed by atoms with Crippen molar-refractivity contribution < 1.29 is 19.0 Å². The van der Waals surface area contributed by atoms with Gasteiger partial charge in [-0.15, -0.1) is 0 Å². The SMILES string of the molecule is CCOc1ccc(CC(=O)N=c2sc3cc(OC)c(OC)cc3n2CCSC)cc1. The Balaban J connectivity index is 1.95. The highest BCUT2D eigenvalue weighted by Gasteiger charge is 2.13. The Morgan fingerprint density at radius 2 is 1.83 bits per heavy atom. The van der Waals surface area contributed by atoms with Gasteiger partial charge in [0.15, 0.2) is 16.3 Å². The maximum absolute atomic E-state index is 12.7. The summed E-state index contributed by atoms with van der Waals surface area (Å²) in [5.74, 6) is 2.86. The zero-order valence-electron chi connectivity index (χ0n) is 17.6. The second-order valence-corrected chi connectivity index (χ2v) is 8.46. The van der Waals surface area contributed by atoms with Crippen molar-refractivity contribution in [2.24, 2.45) is 4.99 Å². The lowest BCUT2D eigenvalue weighted by molar-refractivity contribution is -0.117. The first kappa shape index (κ1) is 22.2. The highest BCUT2D eigenvalue weighted by molar-refractivity contribution is 7.98. The van der Waals surface area contributed by atoms with E-state index in [1.54, 1.807) is 26.0 Å². The van der Waals surface area contributed by atoms with Crippen LogP contribution in [-0.2, 0) is 17.8 Å². The minimum absolute atomic E-state index is 0.178. The van der Waals surface area contributed by atoms with Gasteiger partial charge in [0.2, 0.25) is 0 Å². The average Bonchev–Trinajstić information content (AvgIpc) is 3.08. The number of thioether (sulfide) groups is 1. The van der Waals surface area contributed by atoms with E-state index in [2.05, 4.69) is 15.8 Å². The Hall–Kier alpha value is -2.45. The van der Waals surface area contributed by atoms with E-state index in [-0.39, 0.29) is 12.3 Å². The van der Waals surface area contributed by atoms with Crippen LogP contribution in [0.2, 0.25) is 0 Å². The Labute approximate surface area is 184 Å². The molecule has 1 aromatic heterocycles. The number of ether oxygens (including phenoxy) is 3. The number of hydrogen-bond donors (Lipinski definition) is 0. The fourth-order valence-electron chi connectivity index (χ4n) is 3.07. The standard InChI is InChI=1S/C22H26N2O4S2/c1-5-28-16-8-6-15(7-9-16)12-21(25)23-22-24(10-11-29-4)17-13-18(26-2)19(27-3)14-20(17)30-22/h6-9,13-14H,5,10-12H2,1-4H3. The Bertz CT molecular complexity index is 1070. The van der Waals surface area contributed by atoms with E-state index in [0.29, 0.717) is 22.9 Å². The molecule has 6 nitrogen and oxygen atoms in total.